The van der Waals surface area contributed by atoms with Crippen molar-refractivity contribution in [3.8, 4) is 0 Å². The van der Waals surface area contributed by atoms with Gasteiger partial charge in [-0.3, -0.25) is 4.79 Å². The van der Waals surface area contributed by atoms with E-state index in [4.69, 9.17) is 9.47 Å². The van der Waals surface area contributed by atoms with E-state index in [0.717, 1.165) is 25.0 Å². The van der Waals surface area contributed by atoms with Crippen LogP contribution in [0.15, 0.2) is 5.51 Å². The molecule has 0 spiro atoms. The molecule has 1 saturated heterocycles. The first-order chi connectivity index (χ1) is 9.24. The molecule has 1 saturated carbocycles. The van der Waals surface area contributed by atoms with E-state index in [9.17, 15) is 4.79 Å². The molecule has 104 valence electrons. The Labute approximate surface area is 116 Å². The summed E-state index contributed by atoms with van der Waals surface area (Å²) in [5.74, 6) is -0.0137. The Balaban J connectivity index is 1.59. The van der Waals surface area contributed by atoms with Gasteiger partial charge >= 0.3 is 0 Å². The first-order valence-electron chi connectivity index (χ1n) is 6.68. The molecule has 3 unspecified atom stereocenters. The molecular formula is C13H18N2O3S. The Hall–Kier alpha value is -0.980. The van der Waals surface area contributed by atoms with Crippen LogP contribution in [-0.2, 0) is 9.47 Å². The van der Waals surface area contributed by atoms with E-state index >= 15 is 0 Å². The van der Waals surface area contributed by atoms with Crippen LogP contribution in [0.4, 0.5) is 0 Å². The van der Waals surface area contributed by atoms with Gasteiger partial charge < -0.3 is 14.8 Å². The van der Waals surface area contributed by atoms with Gasteiger partial charge in [-0.05, 0) is 26.2 Å². The van der Waals surface area contributed by atoms with Crippen LogP contribution in [0.3, 0.4) is 0 Å². The van der Waals surface area contributed by atoms with Gasteiger partial charge in [-0.25, -0.2) is 4.98 Å². The summed E-state index contributed by atoms with van der Waals surface area (Å²) in [5.41, 5.74) is 2.51. The van der Waals surface area contributed by atoms with Crippen molar-refractivity contribution in [2.75, 3.05) is 13.2 Å². The SMILES string of the molecule is Cc1ncsc1C(=O)NC1CCC2OCCOC2C1. The van der Waals surface area contributed by atoms with Gasteiger partial charge in [-0.2, -0.15) is 0 Å². The number of fused-ring (bicyclic) bond motifs is 1. The standard InChI is InChI=1S/C13H18N2O3S/c1-8-12(19-7-14-8)13(16)15-9-2-3-10-11(6-9)18-5-4-17-10/h7,9-11H,2-6H2,1H3,(H,15,16). The van der Waals surface area contributed by atoms with Crippen LogP contribution in [0.5, 0.6) is 0 Å². The Morgan fingerprint density at radius 2 is 2.16 bits per heavy atom. The highest BCUT2D eigenvalue weighted by Gasteiger charge is 2.34. The lowest BCUT2D eigenvalue weighted by Gasteiger charge is -2.39. The third-order valence-corrected chi connectivity index (χ3v) is 4.69. The number of hydrogen-bond acceptors (Lipinski definition) is 5. The van der Waals surface area contributed by atoms with Crippen LogP contribution in [0.1, 0.15) is 34.6 Å². The van der Waals surface area contributed by atoms with E-state index in [0.29, 0.717) is 18.1 Å². The summed E-state index contributed by atoms with van der Waals surface area (Å²) < 4.78 is 11.4. The number of carbonyl (C=O) groups excluding carboxylic acids is 1. The zero-order valence-electron chi connectivity index (χ0n) is 10.9. The average molecular weight is 282 g/mol. The number of hydrogen-bond donors (Lipinski definition) is 1. The van der Waals surface area contributed by atoms with Crippen molar-refractivity contribution in [1.82, 2.24) is 10.3 Å². The number of carbonyl (C=O) groups is 1. The molecular weight excluding hydrogens is 264 g/mol. The molecule has 2 heterocycles. The monoisotopic (exact) mass is 282 g/mol. The lowest BCUT2D eigenvalue weighted by Crippen LogP contribution is -2.49. The molecule has 2 aliphatic rings. The maximum absolute atomic E-state index is 12.1. The number of amides is 1. The Bertz CT molecular complexity index is 462. The topological polar surface area (TPSA) is 60.5 Å². The van der Waals surface area contributed by atoms with Crippen molar-refractivity contribution in [1.29, 1.82) is 0 Å². The first kappa shape index (κ1) is 13.0. The van der Waals surface area contributed by atoms with Crippen molar-refractivity contribution >= 4 is 17.2 Å². The van der Waals surface area contributed by atoms with Crippen molar-refractivity contribution in [3.63, 3.8) is 0 Å². The second-order valence-corrected chi connectivity index (χ2v) is 5.92. The second kappa shape index (κ2) is 5.56. The lowest BCUT2D eigenvalue weighted by atomic mass is 9.89. The molecule has 1 amide bonds. The number of aryl methyl sites for hydroxylation is 1. The van der Waals surface area contributed by atoms with Crippen LogP contribution in [0, 0.1) is 6.92 Å². The van der Waals surface area contributed by atoms with Crippen LogP contribution >= 0.6 is 11.3 Å². The highest BCUT2D eigenvalue weighted by Crippen LogP contribution is 2.27. The first-order valence-corrected chi connectivity index (χ1v) is 7.56. The van der Waals surface area contributed by atoms with E-state index in [2.05, 4.69) is 10.3 Å². The fourth-order valence-corrected chi connectivity index (χ4v) is 3.47. The number of aromatic nitrogens is 1. The molecule has 3 atom stereocenters. The van der Waals surface area contributed by atoms with Crippen LogP contribution in [0.25, 0.3) is 0 Å². The molecule has 1 aromatic rings. The highest BCUT2D eigenvalue weighted by molar-refractivity contribution is 7.11. The third-order valence-electron chi connectivity index (χ3n) is 3.77. The summed E-state index contributed by atoms with van der Waals surface area (Å²) in [6, 6.07) is 0.178. The molecule has 1 aliphatic heterocycles. The van der Waals surface area contributed by atoms with Gasteiger partial charge in [0.05, 0.1) is 36.6 Å². The second-order valence-electron chi connectivity index (χ2n) is 5.07. The molecule has 19 heavy (non-hydrogen) atoms. The maximum Gasteiger partial charge on any atom is 0.263 e. The largest absolute Gasteiger partial charge is 0.373 e. The van der Waals surface area contributed by atoms with Gasteiger partial charge in [-0.1, -0.05) is 0 Å². The van der Waals surface area contributed by atoms with Gasteiger partial charge in [0.2, 0.25) is 0 Å². The van der Waals surface area contributed by atoms with Gasteiger partial charge in [0.15, 0.2) is 0 Å². The van der Waals surface area contributed by atoms with E-state index in [1.54, 1.807) is 5.51 Å². The molecule has 3 rings (SSSR count). The maximum atomic E-state index is 12.1. The quantitative estimate of drug-likeness (QED) is 0.893. The van der Waals surface area contributed by atoms with E-state index in [-0.39, 0.29) is 24.2 Å². The molecule has 1 aliphatic carbocycles. The van der Waals surface area contributed by atoms with Crippen molar-refractivity contribution in [2.45, 2.75) is 44.4 Å². The predicted molar refractivity (Wildman–Crippen MR) is 71.4 cm³/mol. The predicted octanol–water partition coefficient (Wildman–Crippen LogP) is 1.52. The molecule has 1 aromatic heterocycles. The zero-order chi connectivity index (χ0) is 13.2. The summed E-state index contributed by atoms with van der Waals surface area (Å²) in [6.07, 6.45) is 3.10. The normalized spacial score (nSPS) is 30.7. The number of rotatable bonds is 2. The number of ether oxygens (including phenoxy) is 2. The Kier molecular flexibility index (Phi) is 3.81. The molecule has 0 bridgehead atoms. The molecule has 1 N–H and O–H groups in total. The average Bonchev–Trinajstić information content (AvgIpc) is 2.85. The van der Waals surface area contributed by atoms with Crippen LogP contribution < -0.4 is 5.32 Å². The van der Waals surface area contributed by atoms with Crippen molar-refractivity contribution in [3.05, 3.63) is 16.1 Å². The van der Waals surface area contributed by atoms with Crippen LogP contribution in [-0.4, -0.2) is 42.4 Å². The van der Waals surface area contributed by atoms with Gasteiger partial charge in [0.25, 0.3) is 5.91 Å². The summed E-state index contributed by atoms with van der Waals surface area (Å²) in [5, 5.41) is 3.09. The summed E-state index contributed by atoms with van der Waals surface area (Å²) >= 11 is 1.39. The Morgan fingerprint density at radius 1 is 1.37 bits per heavy atom. The van der Waals surface area contributed by atoms with Gasteiger partial charge in [0, 0.05) is 6.04 Å². The van der Waals surface area contributed by atoms with E-state index in [1.807, 2.05) is 6.92 Å². The zero-order valence-corrected chi connectivity index (χ0v) is 11.7. The third kappa shape index (κ3) is 2.80. The molecule has 2 fully saturated rings. The van der Waals surface area contributed by atoms with Crippen molar-refractivity contribution in [2.24, 2.45) is 0 Å². The lowest BCUT2D eigenvalue weighted by molar-refractivity contribution is -0.157. The fraction of sp³-hybridized carbons (Fsp3) is 0.692. The molecule has 0 radical (unpaired) electrons. The minimum absolute atomic E-state index is 0.0137. The van der Waals surface area contributed by atoms with Crippen molar-refractivity contribution < 1.29 is 14.3 Å². The number of nitrogens with one attached hydrogen (secondary N) is 1. The summed E-state index contributed by atoms with van der Waals surface area (Å²) in [7, 11) is 0. The summed E-state index contributed by atoms with van der Waals surface area (Å²) in [6.45, 7) is 3.22. The number of nitrogens with zero attached hydrogens (tertiary/aromatic N) is 1. The number of thiazole rings is 1. The smallest absolute Gasteiger partial charge is 0.263 e. The van der Waals surface area contributed by atoms with Gasteiger partial charge in [0.1, 0.15) is 4.88 Å². The van der Waals surface area contributed by atoms with E-state index in [1.165, 1.54) is 11.3 Å². The van der Waals surface area contributed by atoms with Gasteiger partial charge in [-0.15, -0.1) is 11.3 Å². The van der Waals surface area contributed by atoms with Crippen LogP contribution in [0.2, 0.25) is 0 Å². The molecule has 0 aromatic carbocycles. The highest BCUT2D eigenvalue weighted by atomic mass is 32.1. The minimum Gasteiger partial charge on any atom is -0.373 e. The molecule has 6 heteroatoms. The summed E-state index contributed by atoms with van der Waals surface area (Å²) in [4.78, 5) is 17.0. The van der Waals surface area contributed by atoms with E-state index < -0.39 is 0 Å². The molecule has 5 nitrogen and oxygen atoms in total. The Morgan fingerprint density at radius 3 is 2.89 bits per heavy atom. The fourth-order valence-electron chi connectivity index (χ4n) is 2.77. The minimum atomic E-state index is -0.0137.